The van der Waals surface area contributed by atoms with Crippen LogP contribution < -0.4 is 5.32 Å². The zero-order chi connectivity index (χ0) is 46.6. The molecule has 6 rings (SSSR count). The van der Waals surface area contributed by atoms with Crippen molar-refractivity contribution in [1.29, 1.82) is 0 Å². The van der Waals surface area contributed by atoms with Crippen molar-refractivity contribution in [1.82, 2.24) is 5.32 Å². The monoisotopic (exact) mass is 883 g/mol. The number of aliphatic hydroxyl groups is 2. The lowest BCUT2D eigenvalue weighted by Gasteiger charge is -2.71. The summed E-state index contributed by atoms with van der Waals surface area (Å²) in [6.07, 6.45) is -9.47. The summed E-state index contributed by atoms with van der Waals surface area (Å²) in [6, 6.07) is 7.76. The van der Waals surface area contributed by atoms with Crippen molar-refractivity contribution in [3.8, 4) is 0 Å². The fourth-order valence-electron chi connectivity index (χ4n) is 10.9. The van der Waals surface area contributed by atoms with E-state index >= 15 is 0 Å². The van der Waals surface area contributed by atoms with Crippen LogP contribution in [0.2, 0.25) is 0 Å². The molecule has 0 aromatic heterocycles. The van der Waals surface area contributed by atoms with E-state index in [0.717, 1.165) is 0 Å². The van der Waals surface area contributed by atoms with Crippen LogP contribution in [0.5, 0.6) is 0 Å². The van der Waals surface area contributed by atoms with Crippen LogP contribution in [0.25, 0.3) is 0 Å². The summed E-state index contributed by atoms with van der Waals surface area (Å²) in [5, 5.41) is 28.1. The minimum absolute atomic E-state index is 0.0915. The Morgan fingerprint density at radius 2 is 1.65 bits per heavy atom. The van der Waals surface area contributed by atoms with Gasteiger partial charge < -0.3 is 53.4 Å². The van der Waals surface area contributed by atoms with Crippen LogP contribution in [0.1, 0.15) is 101 Å². The normalized spacial score (nSPS) is 35.1. The van der Waals surface area contributed by atoms with E-state index in [4.69, 9.17) is 37.9 Å². The van der Waals surface area contributed by atoms with E-state index in [1.54, 1.807) is 65.8 Å². The predicted molar refractivity (Wildman–Crippen MR) is 224 cm³/mol. The van der Waals surface area contributed by atoms with Gasteiger partial charge in [-0.3, -0.25) is 14.4 Å². The molecule has 1 aromatic carbocycles. The highest BCUT2D eigenvalue weighted by molar-refractivity contribution is 5.78. The largest absolute Gasteiger partial charge is 0.459 e. The number of ether oxygens (including phenoxy) is 8. The third kappa shape index (κ3) is 8.90. The molecule has 2 saturated carbocycles. The maximum absolute atomic E-state index is 14.4. The van der Waals surface area contributed by atoms with Crippen LogP contribution in [0.4, 0.5) is 4.79 Å². The van der Waals surface area contributed by atoms with E-state index < -0.39 is 125 Å². The van der Waals surface area contributed by atoms with E-state index in [0.29, 0.717) is 16.7 Å². The minimum atomic E-state index is -2.21. The van der Waals surface area contributed by atoms with Crippen molar-refractivity contribution in [2.24, 2.45) is 22.7 Å². The highest BCUT2D eigenvalue weighted by Crippen LogP contribution is 2.67. The van der Waals surface area contributed by atoms with Gasteiger partial charge in [0, 0.05) is 37.5 Å². The lowest BCUT2D eigenvalue weighted by atomic mass is 9.44. The molecule has 4 fully saturated rings. The minimum Gasteiger partial charge on any atom is -0.459 e. The van der Waals surface area contributed by atoms with Crippen LogP contribution in [0.3, 0.4) is 0 Å². The van der Waals surface area contributed by atoms with Gasteiger partial charge in [0.2, 0.25) is 0 Å². The average Bonchev–Trinajstić information content (AvgIpc) is 3.15. The summed E-state index contributed by atoms with van der Waals surface area (Å²) in [6.45, 7) is 22.0. The highest BCUT2D eigenvalue weighted by atomic mass is 16.7. The Labute approximate surface area is 369 Å². The third-order valence-electron chi connectivity index (χ3n) is 13.6. The second-order valence-electron chi connectivity index (χ2n) is 19.9. The summed E-state index contributed by atoms with van der Waals surface area (Å²) in [5.41, 5.74) is -6.12. The van der Waals surface area contributed by atoms with Crippen molar-refractivity contribution in [2.75, 3.05) is 6.61 Å². The van der Waals surface area contributed by atoms with Crippen molar-refractivity contribution >= 4 is 30.0 Å². The molecule has 3 aliphatic carbocycles. The summed E-state index contributed by atoms with van der Waals surface area (Å²) >= 11 is 0. The van der Waals surface area contributed by atoms with Crippen LogP contribution in [0, 0.1) is 22.7 Å². The number of hydrogen-bond acceptors (Lipinski definition) is 15. The first-order chi connectivity index (χ1) is 29.3. The van der Waals surface area contributed by atoms with Crippen LogP contribution in [0.15, 0.2) is 54.1 Å². The Kier molecular flexibility index (Phi) is 13.4. The molecule has 2 heterocycles. The maximum Gasteiger partial charge on any atom is 0.407 e. The Bertz CT molecular complexity index is 1970. The summed E-state index contributed by atoms with van der Waals surface area (Å²) in [4.78, 5) is 68.1. The number of nitrogens with one attached hydrogen (secondary N) is 1. The van der Waals surface area contributed by atoms with Gasteiger partial charge in [-0.1, -0.05) is 71.5 Å². The first-order valence-electron chi connectivity index (χ1n) is 21.8. The molecule has 5 aliphatic rings. The first kappa shape index (κ1) is 48.1. The van der Waals surface area contributed by atoms with Gasteiger partial charge in [-0.25, -0.2) is 9.59 Å². The Morgan fingerprint density at radius 1 is 0.984 bits per heavy atom. The summed E-state index contributed by atoms with van der Waals surface area (Å²) in [5.74, 6) is -4.44. The number of fused-ring (bicyclic) bond motifs is 4. The number of esters is 4. The molecular formula is C47H65NO15. The zero-order valence-electron chi connectivity index (χ0n) is 38.3. The molecule has 3 N–H and O–H groups in total. The molecule has 2 bridgehead atoms. The molecule has 6 unspecified atom stereocenters. The number of amides is 1. The van der Waals surface area contributed by atoms with Crippen molar-refractivity contribution in [3.63, 3.8) is 0 Å². The summed E-state index contributed by atoms with van der Waals surface area (Å²) in [7, 11) is 0. The van der Waals surface area contributed by atoms with Gasteiger partial charge in [0.25, 0.3) is 0 Å². The van der Waals surface area contributed by atoms with E-state index in [1.807, 2.05) is 26.8 Å². The Morgan fingerprint density at radius 3 is 2.21 bits per heavy atom. The quantitative estimate of drug-likeness (QED) is 0.146. The molecule has 16 heteroatoms. The number of alkyl carbamates (subject to hydrolysis) is 1. The van der Waals surface area contributed by atoms with Gasteiger partial charge in [0.1, 0.15) is 35.6 Å². The van der Waals surface area contributed by atoms with E-state index in [-0.39, 0.29) is 31.8 Å². The second kappa shape index (κ2) is 17.6. The van der Waals surface area contributed by atoms with Gasteiger partial charge in [-0.2, -0.15) is 0 Å². The SMILES string of the molecule is C=CC1OC2CC3OC[C@@]3(OC(C)=O)[C@H]3[C@H](OC(=O)Cc4ccccc4)C4(O)C[C@H](OC(=O)[C@H](O)C(CC(C)C)NC(=O)OC(C)(C)C)C(C)=C([C@H](OC(C)=O)[C@H](O1)C23C)C4(C)C. The number of rotatable bonds is 12. The van der Waals surface area contributed by atoms with Gasteiger partial charge >= 0.3 is 30.0 Å². The van der Waals surface area contributed by atoms with Gasteiger partial charge in [0.05, 0.1) is 31.1 Å². The number of aliphatic hydroxyl groups excluding tert-OH is 1. The zero-order valence-corrected chi connectivity index (χ0v) is 38.3. The first-order valence-corrected chi connectivity index (χ1v) is 21.8. The number of hydrogen-bond donors (Lipinski definition) is 3. The maximum atomic E-state index is 14.4. The molecule has 1 amide bonds. The van der Waals surface area contributed by atoms with Crippen LogP contribution in [-0.2, 0) is 63.5 Å². The standard InChI is InChI=1S/C47H65NO15/c1-13-34-59-31-21-32-46(23-56-32,62-27(6)50)38-40(60-33(51)20-28-17-15-14-16-18-28)47(55)22-30(58-41(53)36(52)29(19-24(2)3)48-42(54)63-43(7,8)9)25(4)35(44(47,10)11)37(57-26(5)49)39(61-34)45(31,38)12/h13-18,24,29-32,34,36-40,52,55H,1,19-23H2,2-12H3,(H,48,54)/t29?,30-,31?,32?,34?,36+,37-,38-,39-,40-,45?,46-,47?/m0/s1. The Balaban J connectivity index is 1.55. The Hall–Kier alpha value is -4.35. The fraction of sp³-hybridized carbons (Fsp3) is 0.681. The lowest BCUT2D eigenvalue weighted by Crippen LogP contribution is -2.83. The number of carbonyl (C=O) groups is 5. The van der Waals surface area contributed by atoms with E-state index in [1.165, 1.54) is 19.9 Å². The molecule has 13 atom stereocenters. The highest BCUT2D eigenvalue weighted by Gasteiger charge is 2.79. The van der Waals surface area contributed by atoms with Crippen LogP contribution in [-0.4, -0.2) is 119 Å². The molecular weight excluding hydrogens is 819 g/mol. The number of carbonyl (C=O) groups excluding carboxylic acids is 5. The average molecular weight is 884 g/mol. The molecule has 2 saturated heterocycles. The summed E-state index contributed by atoms with van der Waals surface area (Å²) < 4.78 is 50.3. The predicted octanol–water partition coefficient (Wildman–Crippen LogP) is 4.80. The molecule has 16 nitrogen and oxygen atoms in total. The third-order valence-corrected chi connectivity index (χ3v) is 13.6. The van der Waals surface area contributed by atoms with E-state index in [2.05, 4.69) is 11.9 Å². The topological polar surface area (TPSA) is 212 Å². The van der Waals surface area contributed by atoms with Crippen LogP contribution >= 0.6 is 0 Å². The van der Waals surface area contributed by atoms with Gasteiger partial charge in [0.15, 0.2) is 24.1 Å². The molecule has 2 aliphatic heterocycles. The smallest absolute Gasteiger partial charge is 0.407 e. The molecule has 348 valence electrons. The van der Waals surface area contributed by atoms with Crippen molar-refractivity contribution < 1.29 is 72.1 Å². The van der Waals surface area contributed by atoms with Gasteiger partial charge in [-0.15, -0.1) is 0 Å². The van der Waals surface area contributed by atoms with Gasteiger partial charge in [-0.05, 0) is 62.8 Å². The molecule has 0 radical (unpaired) electrons. The van der Waals surface area contributed by atoms with E-state index in [9.17, 15) is 34.2 Å². The molecule has 1 aromatic rings. The fourth-order valence-corrected chi connectivity index (χ4v) is 10.9. The van der Waals surface area contributed by atoms with Crippen molar-refractivity contribution in [3.05, 3.63) is 59.7 Å². The second-order valence-corrected chi connectivity index (χ2v) is 19.9. The molecule has 63 heavy (non-hydrogen) atoms. The molecule has 0 spiro atoms. The number of benzene rings is 1. The van der Waals surface area contributed by atoms with Crippen molar-refractivity contribution in [2.45, 2.75) is 174 Å². The lowest BCUT2D eigenvalue weighted by molar-refractivity contribution is -0.406.